The number of hydrogen-bond acceptors (Lipinski definition) is 4. The van der Waals surface area contributed by atoms with Crippen LogP contribution >= 0.6 is 12.4 Å². The summed E-state index contributed by atoms with van der Waals surface area (Å²) < 4.78 is 11.2. The van der Waals surface area contributed by atoms with Crippen LogP contribution in [0.15, 0.2) is 0 Å². The summed E-state index contributed by atoms with van der Waals surface area (Å²) in [5, 5.41) is 6.23. The number of piperidine rings is 1. The van der Waals surface area contributed by atoms with Crippen molar-refractivity contribution in [3.05, 3.63) is 0 Å². The van der Waals surface area contributed by atoms with E-state index >= 15 is 0 Å². The Hall–Kier alpha value is -0.520. The van der Waals surface area contributed by atoms with Crippen LogP contribution in [0.4, 0.5) is 4.79 Å². The number of amides is 1. The molecule has 0 bridgehead atoms. The van der Waals surface area contributed by atoms with E-state index in [2.05, 4.69) is 10.6 Å². The molecule has 1 atom stereocenters. The van der Waals surface area contributed by atoms with Gasteiger partial charge in [-0.1, -0.05) is 0 Å². The Kier molecular flexibility index (Phi) is 5.47. The van der Waals surface area contributed by atoms with Gasteiger partial charge in [-0.25, -0.2) is 4.79 Å². The van der Waals surface area contributed by atoms with Crippen molar-refractivity contribution in [2.24, 2.45) is 0 Å². The number of alkyl carbamates (subject to hydrolysis) is 1. The Labute approximate surface area is 121 Å². The smallest absolute Gasteiger partial charge is 0.407 e. The van der Waals surface area contributed by atoms with E-state index in [9.17, 15) is 4.79 Å². The number of ether oxygens (including phenoxy) is 2. The van der Waals surface area contributed by atoms with Crippen LogP contribution < -0.4 is 10.6 Å². The highest BCUT2D eigenvalue weighted by Gasteiger charge is 2.41. The summed E-state index contributed by atoms with van der Waals surface area (Å²) in [7, 11) is 0. The molecule has 112 valence electrons. The minimum atomic E-state index is -0.448. The maximum atomic E-state index is 11.7. The zero-order valence-corrected chi connectivity index (χ0v) is 12.8. The van der Waals surface area contributed by atoms with E-state index in [-0.39, 0.29) is 30.1 Å². The molecule has 6 heteroatoms. The maximum absolute atomic E-state index is 11.7. The number of carbonyl (C=O) groups is 1. The second kappa shape index (κ2) is 6.29. The lowest BCUT2D eigenvalue weighted by molar-refractivity contribution is -0.0195. The van der Waals surface area contributed by atoms with E-state index < -0.39 is 5.60 Å². The summed E-state index contributed by atoms with van der Waals surface area (Å²) in [6.07, 6.45) is 2.61. The molecular weight excluding hydrogens is 268 g/mol. The van der Waals surface area contributed by atoms with Crippen LogP contribution in [-0.4, -0.2) is 43.0 Å². The van der Waals surface area contributed by atoms with Crippen LogP contribution in [0.5, 0.6) is 0 Å². The van der Waals surface area contributed by atoms with Crippen LogP contribution in [0.1, 0.15) is 40.0 Å². The van der Waals surface area contributed by atoms with Gasteiger partial charge in [-0.15, -0.1) is 12.4 Å². The zero-order valence-electron chi connectivity index (χ0n) is 12.0. The van der Waals surface area contributed by atoms with Gasteiger partial charge in [0.25, 0.3) is 0 Å². The van der Waals surface area contributed by atoms with E-state index in [1.807, 2.05) is 20.8 Å². The Bertz CT molecular complexity index is 312. The van der Waals surface area contributed by atoms with Crippen molar-refractivity contribution < 1.29 is 14.3 Å². The van der Waals surface area contributed by atoms with Crippen molar-refractivity contribution in [3.63, 3.8) is 0 Å². The molecule has 1 amide bonds. The molecule has 5 nitrogen and oxygen atoms in total. The quantitative estimate of drug-likeness (QED) is 0.774. The first-order valence-electron chi connectivity index (χ1n) is 6.73. The van der Waals surface area contributed by atoms with Gasteiger partial charge in [0.05, 0.1) is 18.2 Å². The highest BCUT2D eigenvalue weighted by molar-refractivity contribution is 5.85. The van der Waals surface area contributed by atoms with Crippen molar-refractivity contribution in [3.8, 4) is 0 Å². The molecule has 2 heterocycles. The van der Waals surface area contributed by atoms with E-state index in [1.165, 1.54) is 0 Å². The molecule has 19 heavy (non-hydrogen) atoms. The SMILES string of the molecule is CC(C)(C)OC(=O)NC1COC2(CCNCC2)C1.Cl. The average Bonchev–Trinajstić information content (AvgIpc) is 2.59. The Morgan fingerprint density at radius 3 is 2.58 bits per heavy atom. The van der Waals surface area contributed by atoms with Crippen molar-refractivity contribution in [2.75, 3.05) is 19.7 Å². The predicted octanol–water partition coefficient (Wildman–Crippen LogP) is 1.84. The first kappa shape index (κ1) is 16.5. The van der Waals surface area contributed by atoms with Gasteiger partial charge in [0.2, 0.25) is 0 Å². The largest absolute Gasteiger partial charge is 0.444 e. The van der Waals surface area contributed by atoms with E-state index in [4.69, 9.17) is 9.47 Å². The number of rotatable bonds is 1. The molecular formula is C13H25ClN2O3. The highest BCUT2D eigenvalue weighted by Crippen LogP contribution is 2.33. The summed E-state index contributed by atoms with van der Waals surface area (Å²) in [4.78, 5) is 11.7. The first-order valence-corrected chi connectivity index (χ1v) is 6.73. The minimum absolute atomic E-state index is 0. The molecule has 0 aliphatic carbocycles. The lowest BCUT2D eigenvalue weighted by Gasteiger charge is -2.32. The van der Waals surface area contributed by atoms with E-state index in [0.29, 0.717) is 6.61 Å². The molecule has 1 spiro atoms. The molecule has 0 aromatic rings. The second-order valence-corrected chi connectivity index (χ2v) is 6.29. The van der Waals surface area contributed by atoms with Crippen LogP contribution in [-0.2, 0) is 9.47 Å². The zero-order chi connectivity index (χ0) is 13.2. The minimum Gasteiger partial charge on any atom is -0.444 e. The molecule has 0 aromatic carbocycles. The highest BCUT2D eigenvalue weighted by atomic mass is 35.5. The van der Waals surface area contributed by atoms with Gasteiger partial charge < -0.3 is 20.1 Å². The van der Waals surface area contributed by atoms with Crippen molar-refractivity contribution in [2.45, 2.75) is 57.3 Å². The molecule has 0 saturated carbocycles. The Balaban J connectivity index is 0.00000180. The fourth-order valence-corrected chi connectivity index (χ4v) is 2.64. The lowest BCUT2D eigenvalue weighted by atomic mass is 9.88. The van der Waals surface area contributed by atoms with Gasteiger partial charge >= 0.3 is 6.09 Å². The molecule has 2 aliphatic heterocycles. The summed E-state index contributed by atoms with van der Waals surface area (Å²) in [6, 6.07) is 0.0814. The third-order valence-corrected chi connectivity index (χ3v) is 3.44. The molecule has 2 fully saturated rings. The summed E-state index contributed by atoms with van der Waals surface area (Å²) >= 11 is 0. The van der Waals surface area contributed by atoms with Gasteiger partial charge in [0.15, 0.2) is 0 Å². The van der Waals surface area contributed by atoms with Crippen LogP contribution in [0.2, 0.25) is 0 Å². The number of nitrogens with one attached hydrogen (secondary N) is 2. The molecule has 1 unspecified atom stereocenters. The van der Waals surface area contributed by atoms with E-state index in [0.717, 1.165) is 32.4 Å². The summed E-state index contributed by atoms with van der Waals surface area (Å²) in [5.41, 5.74) is -0.471. The average molecular weight is 293 g/mol. The maximum Gasteiger partial charge on any atom is 0.407 e. The Morgan fingerprint density at radius 2 is 2.00 bits per heavy atom. The molecule has 2 saturated heterocycles. The third-order valence-electron chi connectivity index (χ3n) is 3.44. The van der Waals surface area contributed by atoms with Gasteiger partial charge in [-0.05, 0) is 53.1 Å². The van der Waals surface area contributed by atoms with Gasteiger partial charge in [-0.2, -0.15) is 0 Å². The van der Waals surface area contributed by atoms with Crippen molar-refractivity contribution in [1.82, 2.24) is 10.6 Å². The van der Waals surface area contributed by atoms with Crippen molar-refractivity contribution >= 4 is 18.5 Å². The molecule has 2 rings (SSSR count). The monoisotopic (exact) mass is 292 g/mol. The predicted molar refractivity (Wildman–Crippen MR) is 75.8 cm³/mol. The van der Waals surface area contributed by atoms with Crippen molar-refractivity contribution in [1.29, 1.82) is 0 Å². The van der Waals surface area contributed by atoms with Gasteiger partial charge in [-0.3, -0.25) is 0 Å². The van der Waals surface area contributed by atoms with Crippen LogP contribution in [0.25, 0.3) is 0 Å². The molecule has 0 radical (unpaired) electrons. The molecule has 2 aliphatic rings. The Morgan fingerprint density at radius 1 is 1.37 bits per heavy atom. The van der Waals surface area contributed by atoms with Gasteiger partial charge in [0.1, 0.15) is 5.60 Å². The number of hydrogen-bond donors (Lipinski definition) is 2. The van der Waals surface area contributed by atoms with Gasteiger partial charge in [0, 0.05) is 0 Å². The molecule has 2 N–H and O–H groups in total. The van der Waals surface area contributed by atoms with E-state index in [1.54, 1.807) is 0 Å². The normalized spacial score (nSPS) is 25.7. The molecule has 0 aromatic heterocycles. The topological polar surface area (TPSA) is 59.6 Å². The summed E-state index contributed by atoms with van der Waals surface area (Å²) in [5.74, 6) is 0. The van der Waals surface area contributed by atoms with Crippen LogP contribution in [0.3, 0.4) is 0 Å². The number of carbonyl (C=O) groups excluding carboxylic acids is 1. The fourth-order valence-electron chi connectivity index (χ4n) is 2.64. The fraction of sp³-hybridized carbons (Fsp3) is 0.923. The standard InChI is InChI=1S/C13H24N2O3.ClH/c1-12(2,3)18-11(16)15-10-8-13(17-9-10)4-6-14-7-5-13;/h10,14H,4-9H2,1-3H3,(H,15,16);1H. The first-order chi connectivity index (χ1) is 8.39. The lowest BCUT2D eigenvalue weighted by Crippen LogP contribution is -2.43. The van der Waals surface area contributed by atoms with Crippen LogP contribution in [0, 0.1) is 0 Å². The number of halogens is 1. The second-order valence-electron chi connectivity index (χ2n) is 6.29. The third kappa shape index (κ3) is 4.82. The summed E-state index contributed by atoms with van der Waals surface area (Å²) in [6.45, 7) is 8.20.